The summed E-state index contributed by atoms with van der Waals surface area (Å²) in [5, 5.41) is 0. The molecule has 0 aliphatic carbocycles. The second-order valence-corrected chi connectivity index (χ2v) is 7.32. The summed E-state index contributed by atoms with van der Waals surface area (Å²) in [5.74, 6) is -0.0374. The van der Waals surface area contributed by atoms with E-state index < -0.39 is 36.1 Å². The Labute approximate surface area is 141 Å². The minimum atomic E-state index is -1.01. The number of amidine groups is 1. The summed E-state index contributed by atoms with van der Waals surface area (Å²) in [7, 11) is 0. The second kappa shape index (κ2) is 7.19. The number of halogens is 1. The van der Waals surface area contributed by atoms with Crippen molar-refractivity contribution in [3.63, 3.8) is 0 Å². The highest BCUT2D eigenvalue weighted by atomic mass is 19.1. The van der Waals surface area contributed by atoms with Crippen molar-refractivity contribution < 1.29 is 28.2 Å². The molecule has 1 atom stereocenters. The van der Waals surface area contributed by atoms with Crippen LogP contribution in [-0.4, -0.2) is 47.0 Å². The average Bonchev–Trinajstić information content (AvgIpc) is 2.33. The molecule has 0 radical (unpaired) electrons. The first-order chi connectivity index (χ1) is 10.8. The number of hydrogen-bond donors (Lipinski definition) is 0. The van der Waals surface area contributed by atoms with Crippen molar-refractivity contribution >= 4 is 18.2 Å². The van der Waals surface area contributed by atoms with Crippen LogP contribution < -0.4 is 0 Å². The Morgan fingerprint density at radius 2 is 1.62 bits per heavy atom. The molecule has 1 aliphatic rings. The van der Waals surface area contributed by atoms with E-state index in [4.69, 9.17) is 14.2 Å². The number of aliphatic imine (C=N–C) groups is 1. The molecule has 0 fully saturated rings. The lowest BCUT2D eigenvalue weighted by Crippen LogP contribution is -2.48. The van der Waals surface area contributed by atoms with Gasteiger partial charge in [0.25, 0.3) is 0 Å². The van der Waals surface area contributed by atoms with Gasteiger partial charge in [-0.15, -0.1) is 4.90 Å². The zero-order chi connectivity index (χ0) is 18.7. The number of ether oxygens (including phenoxy) is 3. The number of carbonyl (C=O) groups is 2. The molecule has 0 aromatic carbocycles. The number of alkyl halides is 1. The van der Waals surface area contributed by atoms with E-state index in [1.807, 2.05) is 0 Å². The predicted octanol–water partition coefficient (Wildman–Crippen LogP) is 3.79. The molecule has 0 N–H and O–H groups in total. The Kier molecular flexibility index (Phi) is 5.97. The van der Waals surface area contributed by atoms with Crippen LogP contribution in [0.4, 0.5) is 14.0 Å². The van der Waals surface area contributed by atoms with Crippen LogP contribution in [0.5, 0.6) is 0 Å². The third-order valence-corrected chi connectivity index (χ3v) is 2.44. The molecule has 0 saturated carbocycles. The van der Waals surface area contributed by atoms with Gasteiger partial charge in [-0.2, -0.15) is 0 Å². The van der Waals surface area contributed by atoms with Gasteiger partial charge in [-0.3, -0.25) is 0 Å². The summed E-state index contributed by atoms with van der Waals surface area (Å²) in [4.78, 5) is 29.4. The summed E-state index contributed by atoms with van der Waals surface area (Å²) < 4.78 is 28.5. The Bertz CT molecular complexity index is 530. The zero-order valence-electron chi connectivity index (χ0n) is 15.2. The number of carbonyl (C=O) groups excluding carboxylic acids is 2. The summed E-state index contributed by atoms with van der Waals surface area (Å²) in [6.07, 6.45) is -0.572. The van der Waals surface area contributed by atoms with Crippen LogP contribution in [0.25, 0.3) is 0 Å². The number of hydrogen-bond acceptors (Lipinski definition) is 6. The van der Waals surface area contributed by atoms with Crippen LogP contribution in [0.2, 0.25) is 0 Å². The fourth-order valence-electron chi connectivity index (χ4n) is 1.68. The number of nitrogens with zero attached hydrogens (tertiary/aromatic N) is 2. The Morgan fingerprint density at radius 1 is 1.17 bits per heavy atom. The fraction of sp³-hybridized carbons (Fsp3) is 0.688. The maximum Gasteiger partial charge on any atom is 0.428 e. The largest absolute Gasteiger partial charge is 0.443 e. The lowest BCUT2D eigenvalue weighted by atomic mass is 10.2. The minimum absolute atomic E-state index is 0.0374. The highest BCUT2D eigenvalue weighted by Gasteiger charge is 2.37. The third-order valence-electron chi connectivity index (χ3n) is 2.44. The molecule has 7 nitrogen and oxygen atoms in total. The van der Waals surface area contributed by atoms with Crippen LogP contribution in [-0.2, 0) is 14.2 Å². The Balaban J connectivity index is 3.14. The smallest absolute Gasteiger partial charge is 0.428 e. The molecule has 24 heavy (non-hydrogen) atoms. The highest BCUT2D eigenvalue weighted by molar-refractivity contribution is 6.06. The van der Waals surface area contributed by atoms with Gasteiger partial charge in [-0.05, 0) is 54.5 Å². The van der Waals surface area contributed by atoms with E-state index in [2.05, 4.69) is 4.99 Å². The van der Waals surface area contributed by atoms with Crippen LogP contribution in [0.1, 0.15) is 48.5 Å². The Morgan fingerprint density at radius 3 is 2.00 bits per heavy atom. The van der Waals surface area contributed by atoms with E-state index in [9.17, 15) is 14.0 Å². The monoisotopic (exact) mass is 344 g/mol. The van der Waals surface area contributed by atoms with Gasteiger partial charge in [-0.1, -0.05) is 0 Å². The van der Waals surface area contributed by atoms with Crippen molar-refractivity contribution in [1.29, 1.82) is 0 Å². The van der Waals surface area contributed by atoms with Gasteiger partial charge >= 0.3 is 18.2 Å². The zero-order valence-corrected chi connectivity index (χ0v) is 15.2. The minimum Gasteiger partial charge on any atom is -0.443 e. The molecule has 8 heteroatoms. The molecule has 1 aliphatic heterocycles. The van der Waals surface area contributed by atoms with Gasteiger partial charge in [-0.25, -0.2) is 19.0 Å². The van der Waals surface area contributed by atoms with Gasteiger partial charge in [0.05, 0.1) is 6.04 Å². The quantitative estimate of drug-likeness (QED) is 0.723. The topological polar surface area (TPSA) is 77.4 Å². The standard InChI is InChI=1S/C16H25FN2O5/c1-10-8-11(9-17)22-12(18-10)19(13(20)23-15(2,3)4)14(21)24-16(5,6)7/h8,10H,9H2,1-7H3/t10-/m0/s1. The Hall–Kier alpha value is -2.12. The first-order valence-corrected chi connectivity index (χ1v) is 7.61. The van der Waals surface area contributed by atoms with Crippen LogP contribution in [0.3, 0.4) is 0 Å². The van der Waals surface area contributed by atoms with Crippen molar-refractivity contribution in [2.45, 2.75) is 65.7 Å². The first-order valence-electron chi connectivity index (χ1n) is 7.61. The van der Waals surface area contributed by atoms with Crippen LogP contribution in [0.15, 0.2) is 16.8 Å². The number of imide groups is 1. The maximum atomic E-state index is 12.9. The molecular formula is C16H25FN2O5. The third kappa shape index (κ3) is 6.17. The van der Waals surface area contributed by atoms with E-state index in [1.165, 1.54) is 6.08 Å². The molecule has 0 bridgehead atoms. The molecule has 0 aromatic heterocycles. The molecule has 136 valence electrons. The SMILES string of the molecule is C[C@H]1C=C(CF)OC(N(C(=O)OC(C)(C)C)C(=O)OC(C)(C)C)=N1. The fourth-order valence-corrected chi connectivity index (χ4v) is 1.68. The normalized spacial score (nSPS) is 18.1. The van der Waals surface area contributed by atoms with Gasteiger partial charge in [0.15, 0.2) is 0 Å². The van der Waals surface area contributed by atoms with E-state index in [0.29, 0.717) is 4.90 Å². The molecule has 0 unspecified atom stereocenters. The van der Waals surface area contributed by atoms with Crippen molar-refractivity contribution in [1.82, 2.24) is 4.90 Å². The predicted molar refractivity (Wildman–Crippen MR) is 86.3 cm³/mol. The number of rotatable bonds is 1. The van der Waals surface area contributed by atoms with E-state index in [0.717, 1.165) is 0 Å². The lowest BCUT2D eigenvalue weighted by molar-refractivity contribution is 0.0108. The molecule has 1 heterocycles. The summed E-state index contributed by atoms with van der Waals surface area (Å²) >= 11 is 0. The van der Waals surface area contributed by atoms with Crippen molar-refractivity contribution in [2.24, 2.45) is 4.99 Å². The van der Waals surface area contributed by atoms with Crippen molar-refractivity contribution in [3.05, 3.63) is 11.8 Å². The molecule has 0 saturated heterocycles. The first kappa shape index (κ1) is 19.9. The van der Waals surface area contributed by atoms with E-state index >= 15 is 0 Å². The van der Waals surface area contributed by atoms with Crippen molar-refractivity contribution in [2.75, 3.05) is 6.67 Å². The van der Waals surface area contributed by atoms with Gasteiger partial charge in [0, 0.05) is 0 Å². The summed E-state index contributed by atoms with van der Waals surface area (Å²) in [5.41, 5.74) is -1.70. The van der Waals surface area contributed by atoms with Gasteiger partial charge in [0.1, 0.15) is 23.6 Å². The van der Waals surface area contributed by atoms with Crippen LogP contribution in [0, 0.1) is 0 Å². The molecular weight excluding hydrogens is 319 g/mol. The summed E-state index contributed by atoms with van der Waals surface area (Å²) in [6, 6.07) is -0.840. The molecule has 2 amide bonds. The average molecular weight is 344 g/mol. The second-order valence-electron chi connectivity index (χ2n) is 7.32. The molecule has 1 rings (SSSR count). The maximum absolute atomic E-state index is 12.9. The molecule has 0 aromatic rings. The lowest BCUT2D eigenvalue weighted by Gasteiger charge is -2.30. The van der Waals surface area contributed by atoms with E-state index in [1.54, 1.807) is 48.5 Å². The summed E-state index contributed by atoms with van der Waals surface area (Å²) in [6.45, 7) is 10.7. The van der Waals surface area contributed by atoms with Crippen molar-refractivity contribution in [3.8, 4) is 0 Å². The number of amides is 2. The van der Waals surface area contributed by atoms with Gasteiger partial charge < -0.3 is 14.2 Å². The van der Waals surface area contributed by atoms with Gasteiger partial charge in [0.2, 0.25) is 0 Å². The number of allylic oxidation sites excluding steroid dienone is 1. The molecule has 0 spiro atoms. The van der Waals surface area contributed by atoms with Crippen LogP contribution >= 0.6 is 0 Å². The van der Waals surface area contributed by atoms with E-state index in [-0.39, 0.29) is 11.8 Å². The highest BCUT2D eigenvalue weighted by Crippen LogP contribution is 2.19.